The van der Waals surface area contributed by atoms with Crippen molar-refractivity contribution in [1.82, 2.24) is 10.2 Å². The molecule has 0 unspecified atom stereocenters. The van der Waals surface area contributed by atoms with E-state index in [1.54, 1.807) is 0 Å². The highest BCUT2D eigenvalue weighted by molar-refractivity contribution is 7.95. The monoisotopic (exact) mass is 420 g/mol. The maximum absolute atomic E-state index is 12.7. The summed E-state index contributed by atoms with van der Waals surface area (Å²) in [6.45, 7) is 0. The van der Waals surface area contributed by atoms with Crippen molar-refractivity contribution in [3.8, 4) is 0 Å². The fourth-order valence-electron chi connectivity index (χ4n) is 2.56. The molecule has 0 bridgehead atoms. The zero-order valence-electron chi connectivity index (χ0n) is 14.4. The Morgan fingerprint density at radius 3 is 2.43 bits per heavy atom. The van der Waals surface area contributed by atoms with Gasteiger partial charge in [0.2, 0.25) is 0 Å². The molecule has 1 aromatic heterocycles. The number of carboxylic acid groups (broad SMARTS) is 1. The second kappa shape index (κ2) is 7.09. The molecule has 11 heteroatoms. The number of H-pyrrole nitrogens is 1. The van der Waals surface area contributed by atoms with Gasteiger partial charge in [-0.3, -0.25) is 9.82 Å². The number of sulfonamides is 1. The molecule has 0 fully saturated rings. The van der Waals surface area contributed by atoms with E-state index in [2.05, 4.69) is 14.9 Å². The van der Waals surface area contributed by atoms with Crippen LogP contribution in [0.4, 0.5) is 5.69 Å². The molecule has 28 heavy (non-hydrogen) atoms. The largest absolute Gasteiger partial charge is 0.545 e. The lowest BCUT2D eigenvalue weighted by atomic mass is 10.2. The van der Waals surface area contributed by atoms with Crippen LogP contribution in [-0.2, 0) is 24.7 Å². The highest BCUT2D eigenvalue weighted by atomic mass is 32.2. The van der Waals surface area contributed by atoms with Crippen molar-refractivity contribution in [2.75, 3.05) is 11.0 Å². The number of carboxylic acids is 1. The van der Waals surface area contributed by atoms with E-state index in [4.69, 9.17) is 0 Å². The van der Waals surface area contributed by atoms with Crippen molar-refractivity contribution in [3.63, 3.8) is 0 Å². The van der Waals surface area contributed by atoms with Gasteiger partial charge in [-0.15, -0.1) is 0 Å². The van der Waals surface area contributed by atoms with Gasteiger partial charge in [-0.2, -0.15) is 5.10 Å². The minimum absolute atomic E-state index is 0.153. The second-order valence-electron chi connectivity index (χ2n) is 5.85. The first kappa shape index (κ1) is 19.6. The number of aromatic amines is 1. The third-order valence-electron chi connectivity index (χ3n) is 3.76. The number of nitrogens with one attached hydrogen (secondary N) is 2. The van der Waals surface area contributed by atoms with E-state index in [-0.39, 0.29) is 15.5 Å². The third kappa shape index (κ3) is 4.05. The molecule has 0 radical (unpaired) electrons. The van der Waals surface area contributed by atoms with Crippen LogP contribution in [0.1, 0.15) is 5.69 Å². The molecule has 0 atom stereocenters. The smallest absolute Gasteiger partial charge is 0.263 e. The van der Waals surface area contributed by atoms with Crippen molar-refractivity contribution in [2.24, 2.45) is 0 Å². The number of carbonyl (C=O) groups is 1. The van der Waals surface area contributed by atoms with E-state index in [1.165, 1.54) is 48.5 Å². The summed E-state index contributed by atoms with van der Waals surface area (Å²) in [6, 6.07) is 9.70. The number of hydrogen-bond donors (Lipinski definition) is 2. The molecule has 0 amide bonds. The van der Waals surface area contributed by atoms with Gasteiger partial charge in [0.1, 0.15) is 4.90 Å². The summed E-state index contributed by atoms with van der Waals surface area (Å²) in [5.74, 6) is -1.39. The zero-order valence-corrected chi connectivity index (χ0v) is 16.0. The molecule has 0 aliphatic rings. The van der Waals surface area contributed by atoms with Gasteiger partial charge in [-0.05, 0) is 42.5 Å². The first-order chi connectivity index (χ1) is 13.1. The Hall–Kier alpha value is -3.18. The molecule has 0 aliphatic carbocycles. The molecular formula is C17H14N3O6S2-. The number of anilines is 1. The Morgan fingerprint density at radius 2 is 1.79 bits per heavy atom. The Bertz CT molecular complexity index is 1310. The van der Waals surface area contributed by atoms with E-state index in [9.17, 15) is 26.7 Å². The summed E-state index contributed by atoms with van der Waals surface area (Å²) < 4.78 is 51.6. The van der Waals surface area contributed by atoms with Crippen LogP contribution in [0.3, 0.4) is 0 Å². The quantitative estimate of drug-likeness (QED) is 0.552. The Kier molecular flexibility index (Phi) is 4.96. The van der Waals surface area contributed by atoms with Crippen LogP contribution in [0.15, 0.2) is 58.3 Å². The Morgan fingerprint density at radius 1 is 1.11 bits per heavy atom. The van der Waals surface area contributed by atoms with Gasteiger partial charge < -0.3 is 9.90 Å². The van der Waals surface area contributed by atoms with Crippen LogP contribution in [0.5, 0.6) is 0 Å². The van der Waals surface area contributed by atoms with Crippen LogP contribution in [0.25, 0.3) is 17.0 Å². The number of fused-ring (bicyclic) bond motifs is 1. The van der Waals surface area contributed by atoms with Crippen molar-refractivity contribution in [1.29, 1.82) is 0 Å². The van der Waals surface area contributed by atoms with Crippen molar-refractivity contribution in [3.05, 3.63) is 54.2 Å². The maximum Gasteiger partial charge on any atom is 0.263 e. The molecule has 0 spiro atoms. The van der Waals surface area contributed by atoms with E-state index >= 15 is 0 Å². The van der Waals surface area contributed by atoms with Gasteiger partial charge in [-0.25, -0.2) is 16.8 Å². The average molecular weight is 420 g/mol. The number of aliphatic carboxylic acids is 1. The van der Waals surface area contributed by atoms with Gasteiger partial charge in [-0.1, -0.05) is 12.1 Å². The van der Waals surface area contributed by atoms with Gasteiger partial charge in [0.05, 0.1) is 22.1 Å². The molecule has 146 valence electrons. The van der Waals surface area contributed by atoms with Gasteiger partial charge in [0, 0.05) is 17.3 Å². The number of aromatic nitrogens is 2. The minimum atomic E-state index is -4.20. The van der Waals surface area contributed by atoms with E-state index in [0.29, 0.717) is 16.6 Å². The van der Waals surface area contributed by atoms with Gasteiger partial charge in [0.15, 0.2) is 9.84 Å². The van der Waals surface area contributed by atoms with Crippen LogP contribution >= 0.6 is 0 Å². The number of hydrogen-bond acceptors (Lipinski definition) is 7. The summed E-state index contributed by atoms with van der Waals surface area (Å²) in [5.41, 5.74) is 0.981. The lowest BCUT2D eigenvalue weighted by molar-refractivity contribution is -0.297. The molecule has 1 heterocycles. The third-order valence-corrected chi connectivity index (χ3v) is 6.48. The van der Waals surface area contributed by atoms with Gasteiger partial charge >= 0.3 is 0 Å². The number of nitrogens with zero attached hydrogens (tertiary/aromatic N) is 1. The molecule has 0 saturated carbocycles. The van der Waals surface area contributed by atoms with Crippen molar-refractivity contribution >= 4 is 48.5 Å². The number of sulfone groups is 1. The molecule has 9 nitrogen and oxygen atoms in total. The lowest BCUT2D eigenvalue weighted by Gasteiger charge is -2.11. The van der Waals surface area contributed by atoms with Crippen molar-refractivity contribution < 1.29 is 26.7 Å². The summed E-state index contributed by atoms with van der Waals surface area (Å²) in [7, 11) is -7.96. The molecule has 3 rings (SSSR count). The van der Waals surface area contributed by atoms with E-state index in [1.807, 2.05) is 0 Å². The standard InChI is InChI=1S/C17H15N3O6S2/c1-27(23,24)15-4-2-3-5-16(15)28(25,26)20-11-6-7-13-12(10-11)14(19-18-13)8-9-17(21)22/h2-10,20H,1H3,(H,18,19)(H,21,22)/p-1/b9-8+. The fraction of sp³-hybridized carbons (Fsp3) is 0.0588. The van der Waals surface area contributed by atoms with E-state index < -0.39 is 25.8 Å². The minimum Gasteiger partial charge on any atom is -0.545 e. The summed E-state index contributed by atoms with van der Waals surface area (Å²) in [5, 5.41) is 17.7. The van der Waals surface area contributed by atoms with Crippen LogP contribution in [0.2, 0.25) is 0 Å². The molecule has 2 N–H and O–H groups in total. The topological polar surface area (TPSA) is 149 Å². The SMILES string of the molecule is CS(=O)(=O)c1ccccc1S(=O)(=O)Nc1ccc2n[nH]c(/C=C/C(=O)[O-])c2c1. The van der Waals surface area contributed by atoms with Crippen LogP contribution < -0.4 is 9.83 Å². The fourth-order valence-corrected chi connectivity index (χ4v) is 5.24. The van der Waals surface area contributed by atoms with Crippen molar-refractivity contribution in [2.45, 2.75) is 9.79 Å². The summed E-state index contributed by atoms with van der Waals surface area (Å²) in [4.78, 5) is 9.89. The highest BCUT2D eigenvalue weighted by Gasteiger charge is 2.23. The van der Waals surface area contributed by atoms with Crippen LogP contribution in [-0.4, -0.2) is 39.3 Å². The molecule has 3 aromatic rings. The van der Waals surface area contributed by atoms with Crippen LogP contribution in [0, 0.1) is 0 Å². The highest BCUT2D eigenvalue weighted by Crippen LogP contribution is 2.26. The molecular weight excluding hydrogens is 406 g/mol. The molecule has 0 saturated heterocycles. The van der Waals surface area contributed by atoms with E-state index in [0.717, 1.165) is 12.3 Å². The number of rotatable bonds is 6. The maximum atomic E-state index is 12.7. The second-order valence-corrected chi connectivity index (χ2v) is 9.48. The predicted molar refractivity (Wildman–Crippen MR) is 100 cm³/mol. The average Bonchev–Trinajstić information content (AvgIpc) is 3.01. The summed E-state index contributed by atoms with van der Waals surface area (Å²) in [6.07, 6.45) is 2.98. The predicted octanol–water partition coefficient (Wildman–Crippen LogP) is 0.530. The normalized spacial score (nSPS) is 12.5. The first-order valence-electron chi connectivity index (χ1n) is 7.77. The Balaban J connectivity index is 2.03. The zero-order chi connectivity index (χ0) is 20.5. The summed E-state index contributed by atoms with van der Waals surface area (Å²) >= 11 is 0. The molecule has 0 aliphatic heterocycles. The lowest BCUT2D eigenvalue weighted by Crippen LogP contribution is -2.18. The Labute approximate surface area is 160 Å². The first-order valence-corrected chi connectivity index (χ1v) is 11.1. The molecule has 2 aromatic carbocycles. The number of carbonyl (C=O) groups excluding carboxylic acids is 1. The number of benzene rings is 2. The van der Waals surface area contributed by atoms with Gasteiger partial charge in [0.25, 0.3) is 10.0 Å².